The summed E-state index contributed by atoms with van der Waals surface area (Å²) in [4.78, 5) is 14.3. The van der Waals surface area contributed by atoms with Crippen molar-refractivity contribution in [2.75, 3.05) is 13.2 Å². The molecule has 24 heavy (non-hydrogen) atoms. The molecule has 1 aliphatic heterocycles. The smallest absolute Gasteiger partial charge is 0.345 e. The minimum atomic E-state index is -0.200. The number of ether oxygens (including phenoxy) is 2. The van der Waals surface area contributed by atoms with Crippen LogP contribution in [0, 0.1) is 11.8 Å². The lowest BCUT2D eigenvalue weighted by Gasteiger charge is -2.31. The first kappa shape index (κ1) is 19.6. The van der Waals surface area contributed by atoms with Gasteiger partial charge in [0, 0.05) is 5.92 Å². The Morgan fingerprint density at radius 3 is 2.42 bits per heavy atom. The van der Waals surface area contributed by atoms with Crippen molar-refractivity contribution in [2.24, 2.45) is 11.8 Å². The zero-order chi connectivity index (χ0) is 17.7. The predicted octanol–water partition coefficient (Wildman–Crippen LogP) is 5.47. The van der Waals surface area contributed by atoms with Crippen LogP contribution in [-0.2, 0) is 14.3 Å². The average molecular weight is 353 g/mol. The number of carbonyl (C=O) groups is 1. The van der Waals surface area contributed by atoms with Gasteiger partial charge in [0.2, 0.25) is 0 Å². The van der Waals surface area contributed by atoms with E-state index in [0.29, 0.717) is 19.3 Å². The molecule has 0 radical (unpaired) electrons. The highest BCUT2D eigenvalue weighted by atomic mass is 32.2. The number of hydrogen-bond acceptors (Lipinski definition) is 4. The molecular weight excluding hydrogens is 320 g/mol. The summed E-state index contributed by atoms with van der Waals surface area (Å²) in [5.74, 6) is 0.920. The molecule has 0 spiro atoms. The Morgan fingerprint density at radius 1 is 1.17 bits per heavy atom. The molecule has 3 nitrogen and oxygen atoms in total. The maximum absolute atomic E-state index is 12.4. The van der Waals surface area contributed by atoms with Crippen molar-refractivity contribution in [1.29, 1.82) is 0 Å². The molecule has 1 saturated carbocycles. The van der Waals surface area contributed by atoms with Crippen LogP contribution in [0.3, 0.4) is 0 Å². The molecule has 0 saturated heterocycles. The largest absolute Gasteiger partial charge is 0.462 e. The van der Waals surface area contributed by atoms with Gasteiger partial charge in [0.05, 0.1) is 24.2 Å². The third-order valence-electron chi connectivity index (χ3n) is 5.58. The molecule has 1 atom stereocenters. The Bertz CT molecular complexity index is 513. The SMILES string of the molecule is CCOC(=O)C1=C(COC2CCC(CC)CC2)C(C)C(C)=C(C)S1. The normalized spacial score (nSPS) is 28.3. The standard InChI is InChI=1S/C20H32O3S/c1-6-16-8-10-17(11-9-16)23-12-18-14(4)13(3)15(5)24-19(18)20(21)22-7-2/h14,16-17H,6-12H2,1-5H3. The fourth-order valence-corrected chi connectivity index (χ4v) is 4.69. The fourth-order valence-electron chi connectivity index (χ4n) is 3.54. The summed E-state index contributed by atoms with van der Waals surface area (Å²) in [7, 11) is 0. The summed E-state index contributed by atoms with van der Waals surface area (Å²) >= 11 is 1.55. The van der Waals surface area contributed by atoms with Gasteiger partial charge in [-0.2, -0.15) is 0 Å². The van der Waals surface area contributed by atoms with E-state index in [1.54, 1.807) is 11.8 Å². The molecule has 4 heteroatoms. The van der Waals surface area contributed by atoms with E-state index >= 15 is 0 Å². The van der Waals surface area contributed by atoms with Crippen LogP contribution in [0.5, 0.6) is 0 Å². The lowest BCUT2D eigenvalue weighted by Crippen LogP contribution is -2.25. The average Bonchev–Trinajstić information content (AvgIpc) is 2.59. The van der Waals surface area contributed by atoms with Crippen molar-refractivity contribution in [3.05, 3.63) is 21.0 Å². The van der Waals surface area contributed by atoms with Crippen molar-refractivity contribution in [2.45, 2.75) is 72.8 Å². The van der Waals surface area contributed by atoms with E-state index in [1.165, 1.54) is 29.7 Å². The van der Waals surface area contributed by atoms with Gasteiger partial charge in [0.1, 0.15) is 0 Å². The minimum Gasteiger partial charge on any atom is -0.462 e. The summed E-state index contributed by atoms with van der Waals surface area (Å²) in [5.41, 5.74) is 2.43. The van der Waals surface area contributed by atoms with Crippen LogP contribution in [-0.4, -0.2) is 25.3 Å². The predicted molar refractivity (Wildman–Crippen MR) is 101 cm³/mol. The van der Waals surface area contributed by atoms with Gasteiger partial charge >= 0.3 is 5.97 Å². The second-order valence-corrected chi connectivity index (χ2v) is 8.22. The third-order valence-corrected chi connectivity index (χ3v) is 6.84. The van der Waals surface area contributed by atoms with Gasteiger partial charge in [0.25, 0.3) is 0 Å². The first-order valence-corrected chi connectivity index (χ1v) is 10.2. The number of hydrogen-bond donors (Lipinski definition) is 0. The molecule has 0 aromatic rings. The van der Waals surface area contributed by atoms with Crippen LogP contribution in [0.1, 0.15) is 66.7 Å². The van der Waals surface area contributed by atoms with E-state index in [2.05, 4.69) is 27.7 Å². The molecule has 1 aliphatic carbocycles. The Balaban J connectivity index is 2.05. The zero-order valence-corrected chi connectivity index (χ0v) is 16.6. The highest BCUT2D eigenvalue weighted by Gasteiger charge is 2.30. The van der Waals surface area contributed by atoms with Crippen molar-refractivity contribution < 1.29 is 14.3 Å². The molecule has 0 aromatic heterocycles. The molecule has 136 valence electrons. The van der Waals surface area contributed by atoms with Gasteiger partial charge in [-0.05, 0) is 62.9 Å². The molecule has 0 amide bonds. The third kappa shape index (κ3) is 4.66. The van der Waals surface area contributed by atoms with Crippen LogP contribution < -0.4 is 0 Å². The van der Waals surface area contributed by atoms with Crippen LogP contribution in [0.2, 0.25) is 0 Å². The van der Waals surface area contributed by atoms with Crippen molar-refractivity contribution in [3.63, 3.8) is 0 Å². The number of allylic oxidation sites excluding steroid dienone is 2. The van der Waals surface area contributed by atoms with E-state index in [1.807, 2.05) is 6.92 Å². The van der Waals surface area contributed by atoms with Crippen LogP contribution in [0.15, 0.2) is 21.0 Å². The molecule has 1 fully saturated rings. The van der Waals surface area contributed by atoms with Crippen LogP contribution in [0.25, 0.3) is 0 Å². The molecule has 2 aliphatic rings. The van der Waals surface area contributed by atoms with E-state index in [9.17, 15) is 4.79 Å². The molecule has 2 rings (SSSR count). The summed E-state index contributed by atoms with van der Waals surface area (Å²) in [5, 5.41) is 0. The number of esters is 1. The van der Waals surface area contributed by atoms with Gasteiger partial charge in [-0.15, -0.1) is 0 Å². The highest BCUT2D eigenvalue weighted by Crippen LogP contribution is 2.42. The molecule has 1 heterocycles. The van der Waals surface area contributed by atoms with Crippen LogP contribution in [0.4, 0.5) is 0 Å². The van der Waals surface area contributed by atoms with Crippen molar-refractivity contribution >= 4 is 17.7 Å². The monoisotopic (exact) mass is 352 g/mol. The first-order chi connectivity index (χ1) is 11.5. The molecular formula is C20H32O3S. The van der Waals surface area contributed by atoms with Gasteiger partial charge in [-0.3, -0.25) is 0 Å². The maximum atomic E-state index is 12.4. The fraction of sp³-hybridized carbons (Fsp3) is 0.750. The van der Waals surface area contributed by atoms with Gasteiger partial charge in [0.15, 0.2) is 0 Å². The topological polar surface area (TPSA) is 35.5 Å². The van der Waals surface area contributed by atoms with E-state index in [0.717, 1.165) is 29.2 Å². The zero-order valence-electron chi connectivity index (χ0n) is 15.8. The van der Waals surface area contributed by atoms with Crippen LogP contribution >= 0.6 is 11.8 Å². The summed E-state index contributed by atoms with van der Waals surface area (Å²) in [6.45, 7) is 11.5. The number of thioether (sulfide) groups is 1. The lowest BCUT2D eigenvalue weighted by molar-refractivity contribution is -0.137. The Hall–Kier alpha value is -0.740. The van der Waals surface area contributed by atoms with Gasteiger partial charge in [-0.1, -0.05) is 37.6 Å². The first-order valence-electron chi connectivity index (χ1n) is 9.34. The van der Waals surface area contributed by atoms with E-state index in [4.69, 9.17) is 9.47 Å². The van der Waals surface area contributed by atoms with Crippen molar-refractivity contribution in [1.82, 2.24) is 0 Å². The number of carbonyl (C=O) groups excluding carboxylic acids is 1. The summed E-state index contributed by atoms with van der Waals surface area (Å²) < 4.78 is 11.5. The lowest BCUT2D eigenvalue weighted by atomic mass is 9.86. The number of rotatable bonds is 6. The van der Waals surface area contributed by atoms with E-state index in [-0.39, 0.29) is 11.9 Å². The minimum absolute atomic E-state index is 0.200. The Kier molecular flexibility index (Phi) is 7.42. The highest BCUT2D eigenvalue weighted by molar-refractivity contribution is 8.07. The molecule has 1 unspecified atom stereocenters. The summed E-state index contributed by atoms with van der Waals surface area (Å²) in [6.07, 6.45) is 6.46. The summed E-state index contributed by atoms with van der Waals surface area (Å²) in [6, 6.07) is 0. The molecule has 0 aromatic carbocycles. The molecule has 0 N–H and O–H groups in total. The van der Waals surface area contributed by atoms with Gasteiger partial charge in [-0.25, -0.2) is 4.79 Å². The van der Waals surface area contributed by atoms with Gasteiger partial charge < -0.3 is 9.47 Å². The Morgan fingerprint density at radius 2 is 1.83 bits per heavy atom. The second kappa shape index (κ2) is 9.10. The van der Waals surface area contributed by atoms with E-state index < -0.39 is 0 Å². The van der Waals surface area contributed by atoms with Crippen molar-refractivity contribution in [3.8, 4) is 0 Å². The maximum Gasteiger partial charge on any atom is 0.345 e. The quantitative estimate of drug-likeness (QED) is 0.594. The Labute approximate surface area is 151 Å². The second-order valence-electron chi connectivity index (χ2n) is 7.00. The molecule has 0 bridgehead atoms.